The van der Waals surface area contributed by atoms with Gasteiger partial charge >= 0.3 is 0 Å². The molecule has 1 fully saturated rings. The molecule has 0 aromatic heterocycles. The van der Waals surface area contributed by atoms with Gasteiger partial charge in [0, 0.05) is 12.7 Å². The minimum absolute atomic E-state index is 0.128. The second-order valence-corrected chi connectivity index (χ2v) is 7.63. The Bertz CT molecular complexity index is 335. The van der Waals surface area contributed by atoms with Crippen molar-refractivity contribution in [2.24, 2.45) is 5.92 Å². The van der Waals surface area contributed by atoms with Gasteiger partial charge in [-0.3, -0.25) is 4.79 Å². The van der Waals surface area contributed by atoms with Crippen LogP contribution >= 0.6 is 0 Å². The van der Waals surface area contributed by atoms with Crippen molar-refractivity contribution in [1.29, 1.82) is 0 Å². The molecule has 0 spiro atoms. The lowest BCUT2D eigenvalue weighted by Gasteiger charge is -2.22. The minimum atomic E-state index is -3.29. The fourth-order valence-electron chi connectivity index (χ4n) is 1.93. The summed E-state index contributed by atoms with van der Waals surface area (Å²) in [5.74, 6) is 0.287. The molecule has 0 unspecified atom stereocenters. The molecule has 0 heterocycles. The normalized spacial score (nSPS) is 19.4. The van der Waals surface area contributed by atoms with E-state index >= 15 is 0 Å². The monoisotopic (exact) mass is 232 g/mol. The Morgan fingerprint density at radius 3 is 2.13 bits per heavy atom. The van der Waals surface area contributed by atoms with E-state index in [4.69, 9.17) is 0 Å². The fraction of sp³-hybridized carbons (Fsp3) is 0.909. The third-order valence-corrected chi connectivity index (χ3v) is 5.63. The molecule has 0 amide bonds. The van der Waals surface area contributed by atoms with E-state index in [1.54, 1.807) is 0 Å². The van der Waals surface area contributed by atoms with Gasteiger partial charge in [-0.05, 0) is 19.8 Å². The highest BCUT2D eigenvalue weighted by Gasteiger charge is 2.38. The van der Waals surface area contributed by atoms with Crippen LogP contribution in [0.1, 0.15) is 46.0 Å². The van der Waals surface area contributed by atoms with E-state index in [-0.39, 0.29) is 5.78 Å². The average Bonchev–Trinajstić information content (AvgIpc) is 2.54. The van der Waals surface area contributed by atoms with Crippen LogP contribution in [0.4, 0.5) is 0 Å². The zero-order chi connectivity index (χ0) is 11.7. The molecule has 4 heteroatoms. The number of carbonyl (C=O) groups excluding carboxylic acids is 1. The maximum Gasteiger partial charge on any atom is 0.159 e. The van der Waals surface area contributed by atoms with Gasteiger partial charge in [-0.25, -0.2) is 8.42 Å². The van der Waals surface area contributed by atoms with E-state index in [2.05, 4.69) is 0 Å². The quantitative estimate of drug-likeness (QED) is 0.744. The number of ketones is 1. The van der Waals surface area contributed by atoms with Gasteiger partial charge in [0.25, 0.3) is 0 Å². The lowest BCUT2D eigenvalue weighted by molar-refractivity contribution is -0.121. The van der Waals surface area contributed by atoms with Crippen LogP contribution in [0, 0.1) is 5.92 Å². The summed E-state index contributed by atoms with van der Waals surface area (Å²) in [5.41, 5.74) is 0. The Kier molecular flexibility index (Phi) is 3.59. The molecular weight excluding hydrogens is 212 g/mol. The molecular formula is C11H20O3S. The van der Waals surface area contributed by atoms with Gasteiger partial charge in [0.1, 0.15) is 4.75 Å². The lowest BCUT2D eigenvalue weighted by atomic mass is 9.95. The second-order valence-electron chi connectivity index (χ2n) is 5.06. The predicted molar refractivity (Wildman–Crippen MR) is 60.5 cm³/mol. The van der Waals surface area contributed by atoms with Gasteiger partial charge in [0.05, 0.1) is 0 Å². The molecule has 15 heavy (non-hydrogen) atoms. The Morgan fingerprint density at radius 1 is 1.27 bits per heavy atom. The SMILES string of the molecule is CC(C)(C(=O)CC1CCCC1)S(C)(=O)=O. The summed E-state index contributed by atoms with van der Waals surface area (Å²) in [6.45, 7) is 3.03. The van der Waals surface area contributed by atoms with Crippen molar-refractivity contribution < 1.29 is 13.2 Å². The van der Waals surface area contributed by atoms with Gasteiger partial charge in [-0.1, -0.05) is 25.7 Å². The van der Waals surface area contributed by atoms with E-state index in [9.17, 15) is 13.2 Å². The number of rotatable bonds is 4. The van der Waals surface area contributed by atoms with E-state index in [1.807, 2.05) is 0 Å². The van der Waals surface area contributed by atoms with Crippen molar-refractivity contribution in [3.8, 4) is 0 Å². The standard InChI is InChI=1S/C11H20O3S/c1-11(2,15(3,13)14)10(12)8-9-6-4-5-7-9/h9H,4-8H2,1-3H3. The zero-order valence-corrected chi connectivity index (χ0v) is 10.6. The predicted octanol–water partition coefficient (Wildman–Crippen LogP) is 1.96. The summed E-state index contributed by atoms with van der Waals surface area (Å²) < 4.78 is 21.7. The summed E-state index contributed by atoms with van der Waals surface area (Å²) >= 11 is 0. The number of Topliss-reactive ketones (excluding diaryl/α,β-unsaturated/α-hetero) is 1. The van der Waals surface area contributed by atoms with Crippen LogP contribution < -0.4 is 0 Å². The van der Waals surface area contributed by atoms with E-state index < -0.39 is 14.6 Å². The van der Waals surface area contributed by atoms with Crippen molar-refractivity contribution in [3.63, 3.8) is 0 Å². The van der Waals surface area contributed by atoms with E-state index in [0.717, 1.165) is 19.1 Å². The number of carbonyl (C=O) groups is 1. The smallest absolute Gasteiger partial charge is 0.159 e. The summed E-state index contributed by atoms with van der Waals surface area (Å²) in [6.07, 6.45) is 6.07. The topological polar surface area (TPSA) is 51.2 Å². The van der Waals surface area contributed by atoms with Crippen LogP contribution in [0.2, 0.25) is 0 Å². The van der Waals surface area contributed by atoms with Gasteiger partial charge in [-0.15, -0.1) is 0 Å². The highest BCUT2D eigenvalue weighted by atomic mass is 32.2. The van der Waals surface area contributed by atoms with Crippen LogP contribution in [0.5, 0.6) is 0 Å². The Labute approximate surface area is 92.2 Å². The van der Waals surface area contributed by atoms with Gasteiger partial charge in [0.2, 0.25) is 0 Å². The molecule has 0 radical (unpaired) electrons. The van der Waals surface area contributed by atoms with Crippen LogP contribution in [0.3, 0.4) is 0 Å². The van der Waals surface area contributed by atoms with Crippen molar-refractivity contribution >= 4 is 15.6 Å². The molecule has 1 aliphatic carbocycles. The fourth-order valence-corrected chi connectivity index (χ4v) is 2.43. The third-order valence-electron chi connectivity index (χ3n) is 3.55. The highest BCUT2D eigenvalue weighted by molar-refractivity contribution is 7.92. The van der Waals surface area contributed by atoms with Gasteiger partial charge in [-0.2, -0.15) is 0 Å². The Balaban J connectivity index is 2.67. The van der Waals surface area contributed by atoms with Gasteiger partial charge in [0.15, 0.2) is 15.6 Å². The molecule has 0 aromatic rings. The molecule has 0 saturated heterocycles. The molecule has 1 rings (SSSR count). The highest BCUT2D eigenvalue weighted by Crippen LogP contribution is 2.30. The minimum Gasteiger partial charge on any atom is -0.298 e. The van der Waals surface area contributed by atoms with Crippen molar-refractivity contribution in [1.82, 2.24) is 0 Å². The molecule has 88 valence electrons. The number of hydrogen-bond acceptors (Lipinski definition) is 3. The third kappa shape index (κ3) is 2.80. The van der Waals surface area contributed by atoms with Crippen LogP contribution in [-0.4, -0.2) is 25.2 Å². The van der Waals surface area contributed by atoms with E-state index in [1.165, 1.54) is 26.7 Å². The van der Waals surface area contributed by atoms with E-state index in [0.29, 0.717) is 12.3 Å². The summed E-state index contributed by atoms with van der Waals surface area (Å²) in [6, 6.07) is 0. The van der Waals surface area contributed by atoms with Crippen LogP contribution in [0.25, 0.3) is 0 Å². The molecule has 3 nitrogen and oxygen atoms in total. The number of hydrogen-bond donors (Lipinski definition) is 0. The molecule has 1 saturated carbocycles. The molecule has 0 N–H and O–H groups in total. The zero-order valence-electron chi connectivity index (χ0n) is 9.75. The summed E-state index contributed by atoms with van der Waals surface area (Å²) in [4.78, 5) is 11.9. The largest absolute Gasteiger partial charge is 0.298 e. The first-order chi connectivity index (χ1) is 6.75. The number of sulfone groups is 1. The van der Waals surface area contributed by atoms with Crippen molar-refractivity contribution in [2.75, 3.05) is 6.26 Å². The first-order valence-corrected chi connectivity index (χ1v) is 7.37. The van der Waals surface area contributed by atoms with Gasteiger partial charge < -0.3 is 0 Å². The van der Waals surface area contributed by atoms with Crippen LogP contribution in [-0.2, 0) is 14.6 Å². The lowest BCUT2D eigenvalue weighted by Crippen LogP contribution is -2.40. The molecule has 0 aliphatic heterocycles. The second kappa shape index (κ2) is 4.24. The maximum absolute atomic E-state index is 11.9. The Morgan fingerprint density at radius 2 is 1.73 bits per heavy atom. The average molecular weight is 232 g/mol. The summed E-state index contributed by atoms with van der Waals surface area (Å²) in [5, 5.41) is 0. The van der Waals surface area contributed by atoms with Crippen molar-refractivity contribution in [3.05, 3.63) is 0 Å². The first kappa shape index (κ1) is 12.7. The Hall–Kier alpha value is -0.380. The maximum atomic E-state index is 11.9. The first-order valence-electron chi connectivity index (χ1n) is 5.48. The molecule has 1 aliphatic rings. The van der Waals surface area contributed by atoms with Crippen molar-refractivity contribution in [2.45, 2.75) is 50.7 Å². The van der Waals surface area contributed by atoms with Crippen LogP contribution in [0.15, 0.2) is 0 Å². The molecule has 0 atom stereocenters. The molecule has 0 bridgehead atoms. The molecule has 0 aromatic carbocycles. The summed E-state index contributed by atoms with van der Waals surface area (Å²) in [7, 11) is -3.29.